The molecule has 0 radical (unpaired) electrons. The van der Waals surface area contributed by atoms with E-state index in [1.807, 2.05) is 6.07 Å². The third-order valence-electron chi connectivity index (χ3n) is 3.62. The Kier molecular flexibility index (Phi) is 3.49. The van der Waals surface area contributed by atoms with Crippen molar-refractivity contribution in [1.29, 1.82) is 0 Å². The monoisotopic (exact) mass is 283 g/mol. The van der Waals surface area contributed by atoms with Crippen LogP contribution in [0.15, 0.2) is 18.3 Å². The zero-order valence-electron chi connectivity index (χ0n) is 12.8. The highest BCUT2D eigenvalue weighted by molar-refractivity contribution is 6.08. The van der Waals surface area contributed by atoms with Gasteiger partial charge >= 0.3 is 0 Å². The summed E-state index contributed by atoms with van der Waals surface area (Å²) < 4.78 is 2.09. The summed E-state index contributed by atoms with van der Waals surface area (Å²) >= 11 is 0. The molecule has 0 aliphatic heterocycles. The van der Waals surface area contributed by atoms with Crippen LogP contribution in [0.2, 0.25) is 0 Å². The quantitative estimate of drug-likeness (QED) is 0.798. The second-order valence-corrected chi connectivity index (χ2v) is 5.86. The van der Waals surface area contributed by atoms with Crippen molar-refractivity contribution in [3.63, 3.8) is 0 Å². The third kappa shape index (κ3) is 2.33. The number of nitrogens with zero attached hydrogens (tertiary/aromatic N) is 4. The summed E-state index contributed by atoms with van der Waals surface area (Å²) in [5.41, 5.74) is 8.85. The lowest BCUT2D eigenvalue weighted by Gasteiger charge is -2.09. The van der Waals surface area contributed by atoms with Crippen LogP contribution >= 0.6 is 0 Å². The molecule has 21 heavy (non-hydrogen) atoms. The largest absolute Gasteiger partial charge is 0.382 e. The van der Waals surface area contributed by atoms with Crippen molar-refractivity contribution in [2.45, 2.75) is 40.2 Å². The molecule has 0 saturated carbocycles. The highest BCUT2D eigenvalue weighted by atomic mass is 15.3. The fraction of sp³-hybridized carbons (Fsp3) is 0.438. The van der Waals surface area contributed by atoms with E-state index >= 15 is 0 Å². The molecule has 0 aliphatic rings. The van der Waals surface area contributed by atoms with Gasteiger partial charge in [-0.1, -0.05) is 20.8 Å². The molecule has 0 saturated heterocycles. The Labute approximate surface area is 124 Å². The molecule has 0 amide bonds. The standard InChI is InChI=1S/C16H21N5/c1-4-8-21-12(9-10(2)3)13-11-6-5-7-18-16(11)19-15(17)14(13)20-21/h5-7,10H,4,8-9H2,1-3H3,(H2,17,18,19). The fourth-order valence-electron chi connectivity index (χ4n) is 2.80. The van der Waals surface area contributed by atoms with Crippen molar-refractivity contribution in [3.8, 4) is 0 Å². The van der Waals surface area contributed by atoms with Gasteiger partial charge in [0.15, 0.2) is 11.5 Å². The smallest absolute Gasteiger partial charge is 0.162 e. The second kappa shape index (κ2) is 5.31. The van der Waals surface area contributed by atoms with Gasteiger partial charge in [-0.15, -0.1) is 0 Å². The number of anilines is 1. The minimum absolute atomic E-state index is 0.469. The zero-order valence-corrected chi connectivity index (χ0v) is 12.8. The van der Waals surface area contributed by atoms with Gasteiger partial charge in [0.1, 0.15) is 5.52 Å². The maximum atomic E-state index is 6.10. The highest BCUT2D eigenvalue weighted by Gasteiger charge is 2.18. The molecular formula is C16H21N5. The van der Waals surface area contributed by atoms with Crippen molar-refractivity contribution >= 4 is 27.8 Å². The normalized spacial score (nSPS) is 11.8. The number of hydrogen-bond acceptors (Lipinski definition) is 4. The summed E-state index contributed by atoms with van der Waals surface area (Å²) in [6, 6.07) is 3.99. The van der Waals surface area contributed by atoms with Gasteiger partial charge in [0, 0.05) is 29.2 Å². The lowest BCUT2D eigenvalue weighted by Crippen LogP contribution is -2.07. The van der Waals surface area contributed by atoms with E-state index in [1.54, 1.807) is 6.20 Å². The van der Waals surface area contributed by atoms with Gasteiger partial charge in [-0.05, 0) is 30.9 Å². The van der Waals surface area contributed by atoms with E-state index in [9.17, 15) is 0 Å². The van der Waals surface area contributed by atoms with E-state index in [-0.39, 0.29) is 0 Å². The average Bonchev–Trinajstić information content (AvgIpc) is 2.79. The minimum Gasteiger partial charge on any atom is -0.382 e. The van der Waals surface area contributed by atoms with Crippen molar-refractivity contribution in [2.75, 3.05) is 5.73 Å². The number of fused-ring (bicyclic) bond motifs is 3. The molecule has 2 N–H and O–H groups in total. The van der Waals surface area contributed by atoms with Crippen molar-refractivity contribution in [3.05, 3.63) is 24.0 Å². The van der Waals surface area contributed by atoms with Crippen LogP contribution in [0.1, 0.15) is 32.9 Å². The Bertz CT molecular complexity index is 788. The molecule has 0 spiro atoms. The Morgan fingerprint density at radius 2 is 2.14 bits per heavy atom. The van der Waals surface area contributed by atoms with E-state index < -0.39 is 0 Å². The van der Waals surface area contributed by atoms with Crippen molar-refractivity contribution in [1.82, 2.24) is 19.7 Å². The number of nitrogen functional groups attached to an aromatic ring is 1. The summed E-state index contributed by atoms with van der Waals surface area (Å²) in [5, 5.41) is 6.87. The predicted octanol–water partition coefficient (Wildman–Crippen LogP) is 3.17. The molecule has 0 fully saturated rings. The van der Waals surface area contributed by atoms with Crippen molar-refractivity contribution in [2.24, 2.45) is 5.92 Å². The maximum absolute atomic E-state index is 6.10. The summed E-state index contributed by atoms with van der Waals surface area (Å²) in [7, 11) is 0. The van der Waals surface area contributed by atoms with E-state index in [1.165, 1.54) is 5.69 Å². The van der Waals surface area contributed by atoms with Crippen LogP contribution in [-0.2, 0) is 13.0 Å². The molecule has 0 aliphatic carbocycles. The fourth-order valence-corrected chi connectivity index (χ4v) is 2.80. The average molecular weight is 283 g/mol. The molecule has 5 nitrogen and oxygen atoms in total. The summed E-state index contributed by atoms with van der Waals surface area (Å²) in [5.74, 6) is 1.03. The van der Waals surface area contributed by atoms with E-state index in [0.717, 1.165) is 35.7 Å². The molecule has 0 atom stereocenters. The maximum Gasteiger partial charge on any atom is 0.162 e. The van der Waals surface area contributed by atoms with Gasteiger partial charge in [0.05, 0.1) is 0 Å². The number of aromatic nitrogens is 4. The van der Waals surface area contributed by atoms with Crippen LogP contribution in [0.5, 0.6) is 0 Å². The Morgan fingerprint density at radius 1 is 1.33 bits per heavy atom. The Morgan fingerprint density at radius 3 is 2.86 bits per heavy atom. The van der Waals surface area contributed by atoms with Crippen LogP contribution in [0.25, 0.3) is 21.9 Å². The van der Waals surface area contributed by atoms with E-state index in [4.69, 9.17) is 10.8 Å². The topological polar surface area (TPSA) is 69.6 Å². The lowest BCUT2D eigenvalue weighted by atomic mass is 10.0. The molecule has 0 bridgehead atoms. The molecule has 0 aromatic carbocycles. The van der Waals surface area contributed by atoms with Gasteiger partial charge in [-0.25, -0.2) is 9.97 Å². The van der Waals surface area contributed by atoms with Crippen LogP contribution in [0.4, 0.5) is 5.82 Å². The SMILES string of the molecule is CCCn1nc2c(N)nc3ncccc3c2c1CC(C)C. The molecule has 3 aromatic rings. The number of nitrogens with two attached hydrogens (primary N) is 1. The molecule has 110 valence electrons. The van der Waals surface area contributed by atoms with E-state index in [0.29, 0.717) is 17.4 Å². The van der Waals surface area contributed by atoms with Gasteiger partial charge in [-0.3, -0.25) is 4.68 Å². The third-order valence-corrected chi connectivity index (χ3v) is 3.62. The number of hydrogen-bond donors (Lipinski definition) is 1. The highest BCUT2D eigenvalue weighted by Crippen LogP contribution is 2.30. The van der Waals surface area contributed by atoms with Crippen molar-refractivity contribution < 1.29 is 0 Å². The van der Waals surface area contributed by atoms with E-state index in [2.05, 4.69) is 41.5 Å². The lowest BCUT2D eigenvalue weighted by molar-refractivity contribution is 0.542. The van der Waals surface area contributed by atoms with Crippen LogP contribution in [0, 0.1) is 5.92 Å². The first-order valence-electron chi connectivity index (χ1n) is 7.51. The number of pyridine rings is 2. The van der Waals surface area contributed by atoms with Gasteiger partial charge < -0.3 is 5.73 Å². The molecular weight excluding hydrogens is 262 g/mol. The summed E-state index contributed by atoms with van der Waals surface area (Å²) in [6.07, 6.45) is 3.77. The first kappa shape index (κ1) is 13.8. The van der Waals surface area contributed by atoms with Gasteiger partial charge in [0.25, 0.3) is 0 Å². The molecule has 3 aromatic heterocycles. The van der Waals surface area contributed by atoms with Gasteiger partial charge in [0.2, 0.25) is 0 Å². The molecule has 3 rings (SSSR count). The van der Waals surface area contributed by atoms with Crippen LogP contribution in [-0.4, -0.2) is 19.7 Å². The number of rotatable bonds is 4. The number of aryl methyl sites for hydroxylation is 1. The van der Waals surface area contributed by atoms with Crippen LogP contribution < -0.4 is 5.73 Å². The molecule has 0 unspecified atom stereocenters. The summed E-state index contributed by atoms with van der Waals surface area (Å²) in [6.45, 7) is 7.50. The molecule has 3 heterocycles. The first-order valence-corrected chi connectivity index (χ1v) is 7.51. The molecule has 5 heteroatoms. The predicted molar refractivity (Wildman–Crippen MR) is 86.1 cm³/mol. The zero-order chi connectivity index (χ0) is 15.0. The van der Waals surface area contributed by atoms with Gasteiger partial charge in [-0.2, -0.15) is 5.10 Å². The summed E-state index contributed by atoms with van der Waals surface area (Å²) in [4.78, 5) is 8.73. The van der Waals surface area contributed by atoms with Crippen LogP contribution in [0.3, 0.4) is 0 Å². The Hall–Kier alpha value is -2.17. The second-order valence-electron chi connectivity index (χ2n) is 5.86. The minimum atomic E-state index is 0.469. The first-order chi connectivity index (χ1) is 10.1. The Balaban J connectivity index is 2.39.